The van der Waals surface area contributed by atoms with Crippen LogP contribution in [0.5, 0.6) is 0 Å². The van der Waals surface area contributed by atoms with E-state index < -0.39 is 0 Å². The maximum absolute atomic E-state index is 12.3. The average molecular weight is 248 g/mol. The molecule has 3 nitrogen and oxygen atoms in total. The van der Waals surface area contributed by atoms with Crippen LogP contribution in [0.25, 0.3) is 0 Å². The van der Waals surface area contributed by atoms with Crippen LogP contribution >= 0.6 is 0 Å². The first kappa shape index (κ1) is 14.7. The van der Waals surface area contributed by atoms with E-state index in [2.05, 4.69) is 6.92 Å². The van der Waals surface area contributed by atoms with Crippen molar-refractivity contribution in [3.05, 3.63) is 35.9 Å². The molecule has 0 saturated heterocycles. The second-order valence-electron chi connectivity index (χ2n) is 4.67. The van der Waals surface area contributed by atoms with Crippen molar-refractivity contribution in [3.63, 3.8) is 0 Å². The number of nitrogens with two attached hydrogens (primary N) is 1. The summed E-state index contributed by atoms with van der Waals surface area (Å²) in [6, 6.07) is 9.78. The molecular formula is C15H24N2O. The Bertz CT molecular complexity index is 351. The highest BCUT2D eigenvalue weighted by Crippen LogP contribution is 2.17. The standard InChI is InChI=1S/C15H24N2O/c1-3-4-8-11-17(2)15(18)14(12-16)13-9-6-5-7-10-13/h5-7,9-10,14H,3-4,8,11-12,16H2,1-2H3. The van der Waals surface area contributed by atoms with Gasteiger partial charge in [-0.15, -0.1) is 0 Å². The van der Waals surface area contributed by atoms with Gasteiger partial charge in [0.05, 0.1) is 5.92 Å². The van der Waals surface area contributed by atoms with E-state index in [4.69, 9.17) is 5.73 Å². The van der Waals surface area contributed by atoms with Crippen molar-refractivity contribution < 1.29 is 4.79 Å². The molecule has 1 rings (SSSR count). The zero-order chi connectivity index (χ0) is 13.4. The van der Waals surface area contributed by atoms with Gasteiger partial charge in [0.1, 0.15) is 0 Å². The van der Waals surface area contributed by atoms with Crippen molar-refractivity contribution >= 4 is 5.91 Å². The predicted octanol–water partition coefficient (Wildman–Crippen LogP) is 2.38. The largest absolute Gasteiger partial charge is 0.345 e. The molecule has 3 heteroatoms. The maximum atomic E-state index is 12.3. The Kier molecular flexibility index (Phi) is 6.44. The lowest BCUT2D eigenvalue weighted by Crippen LogP contribution is -2.35. The summed E-state index contributed by atoms with van der Waals surface area (Å²) < 4.78 is 0. The van der Waals surface area contributed by atoms with E-state index in [1.165, 1.54) is 6.42 Å². The van der Waals surface area contributed by atoms with E-state index in [1.807, 2.05) is 37.4 Å². The van der Waals surface area contributed by atoms with E-state index in [9.17, 15) is 4.79 Å². The lowest BCUT2D eigenvalue weighted by Gasteiger charge is -2.23. The van der Waals surface area contributed by atoms with Gasteiger partial charge in [0.15, 0.2) is 0 Å². The highest BCUT2D eigenvalue weighted by Gasteiger charge is 2.21. The molecule has 2 N–H and O–H groups in total. The monoisotopic (exact) mass is 248 g/mol. The first-order valence-electron chi connectivity index (χ1n) is 6.70. The topological polar surface area (TPSA) is 46.3 Å². The Labute approximate surface area is 110 Å². The number of benzene rings is 1. The van der Waals surface area contributed by atoms with E-state index >= 15 is 0 Å². The van der Waals surface area contributed by atoms with Gasteiger partial charge in [-0.05, 0) is 12.0 Å². The fourth-order valence-electron chi connectivity index (χ4n) is 2.04. The van der Waals surface area contributed by atoms with Gasteiger partial charge < -0.3 is 10.6 Å². The maximum Gasteiger partial charge on any atom is 0.231 e. The first-order valence-corrected chi connectivity index (χ1v) is 6.70. The van der Waals surface area contributed by atoms with Gasteiger partial charge in [-0.25, -0.2) is 0 Å². The third-order valence-corrected chi connectivity index (χ3v) is 3.21. The SMILES string of the molecule is CCCCCN(C)C(=O)C(CN)c1ccccc1. The molecule has 100 valence electrons. The van der Waals surface area contributed by atoms with Crippen molar-refractivity contribution in [1.29, 1.82) is 0 Å². The Morgan fingerprint density at radius 2 is 1.94 bits per heavy atom. The zero-order valence-electron chi connectivity index (χ0n) is 11.4. The van der Waals surface area contributed by atoms with Crippen molar-refractivity contribution in [3.8, 4) is 0 Å². The molecule has 1 aromatic carbocycles. The number of rotatable bonds is 7. The van der Waals surface area contributed by atoms with Gasteiger partial charge in [-0.3, -0.25) is 4.79 Å². The number of likely N-dealkylation sites (N-methyl/N-ethyl adjacent to an activating group) is 1. The Morgan fingerprint density at radius 3 is 2.50 bits per heavy atom. The lowest BCUT2D eigenvalue weighted by molar-refractivity contribution is -0.131. The predicted molar refractivity (Wildman–Crippen MR) is 75.4 cm³/mol. The molecule has 0 radical (unpaired) electrons. The molecule has 1 atom stereocenters. The fourth-order valence-corrected chi connectivity index (χ4v) is 2.04. The molecule has 1 unspecified atom stereocenters. The van der Waals surface area contributed by atoms with Crippen LogP contribution in [0.2, 0.25) is 0 Å². The number of carbonyl (C=O) groups is 1. The summed E-state index contributed by atoms with van der Waals surface area (Å²) in [6.07, 6.45) is 3.39. The summed E-state index contributed by atoms with van der Waals surface area (Å²) in [4.78, 5) is 14.1. The second-order valence-corrected chi connectivity index (χ2v) is 4.67. The molecule has 0 fully saturated rings. The minimum atomic E-state index is -0.210. The van der Waals surface area contributed by atoms with E-state index in [0.717, 1.165) is 24.9 Å². The van der Waals surface area contributed by atoms with Crippen LogP contribution in [0.3, 0.4) is 0 Å². The lowest BCUT2D eigenvalue weighted by atomic mass is 9.98. The molecule has 0 spiro atoms. The van der Waals surface area contributed by atoms with Crippen LogP contribution in [0.1, 0.15) is 37.7 Å². The number of amides is 1. The highest BCUT2D eigenvalue weighted by molar-refractivity contribution is 5.83. The molecule has 0 aliphatic rings. The molecule has 0 heterocycles. The first-order chi connectivity index (χ1) is 8.70. The molecule has 0 aliphatic carbocycles. The van der Waals surface area contributed by atoms with E-state index in [-0.39, 0.29) is 11.8 Å². The van der Waals surface area contributed by atoms with Crippen LogP contribution in [0, 0.1) is 0 Å². The van der Waals surface area contributed by atoms with Crippen molar-refractivity contribution in [2.45, 2.75) is 32.1 Å². The average Bonchev–Trinajstić information content (AvgIpc) is 2.41. The van der Waals surface area contributed by atoms with Crippen LogP contribution in [0.4, 0.5) is 0 Å². The number of nitrogens with zero attached hydrogens (tertiary/aromatic N) is 1. The second kappa shape index (κ2) is 7.88. The molecule has 18 heavy (non-hydrogen) atoms. The zero-order valence-corrected chi connectivity index (χ0v) is 11.4. The van der Waals surface area contributed by atoms with Crippen molar-refractivity contribution in [1.82, 2.24) is 4.90 Å². The highest BCUT2D eigenvalue weighted by atomic mass is 16.2. The van der Waals surface area contributed by atoms with Gasteiger partial charge in [0.2, 0.25) is 5.91 Å². The molecular weight excluding hydrogens is 224 g/mol. The van der Waals surface area contributed by atoms with Gasteiger partial charge in [-0.1, -0.05) is 50.1 Å². The number of hydrogen-bond acceptors (Lipinski definition) is 2. The smallest absolute Gasteiger partial charge is 0.231 e. The molecule has 0 aliphatic heterocycles. The van der Waals surface area contributed by atoms with Crippen molar-refractivity contribution in [2.75, 3.05) is 20.1 Å². The van der Waals surface area contributed by atoms with Gasteiger partial charge in [0.25, 0.3) is 0 Å². The summed E-state index contributed by atoms with van der Waals surface area (Å²) >= 11 is 0. The number of unbranched alkanes of at least 4 members (excludes halogenated alkanes) is 2. The summed E-state index contributed by atoms with van der Waals surface area (Å²) in [5, 5.41) is 0. The van der Waals surface area contributed by atoms with Crippen LogP contribution in [-0.2, 0) is 4.79 Å². The molecule has 0 saturated carbocycles. The van der Waals surface area contributed by atoms with Crippen molar-refractivity contribution in [2.24, 2.45) is 5.73 Å². The third kappa shape index (κ3) is 4.15. The van der Waals surface area contributed by atoms with Crippen LogP contribution < -0.4 is 5.73 Å². The summed E-state index contributed by atoms with van der Waals surface area (Å²) in [5.74, 6) is -0.0855. The molecule has 0 aromatic heterocycles. The third-order valence-electron chi connectivity index (χ3n) is 3.21. The molecule has 0 bridgehead atoms. The van der Waals surface area contributed by atoms with Gasteiger partial charge >= 0.3 is 0 Å². The number of carbonyl (C=O) groups excluding carboxylic acids is 1. The summed E-state index contributed by atoms with van der Waals surface area (Å²) in [6.45, 7) is 3.34. The minimum Gasteiger partial charge on any atom is -0.345 e. The molecule has 1 aromatic rings. The summed E-state index contributed by atoms with van der Waals surface area (Å²) in [5.41, 5.74) is 6.76. The molecule has 1 amide bonds. The van der Waals surface area contributed by atoms with E-state index in [0.29, 0.717) is 6.54 Å². The Morgan fingerprint density at radius 1 is 1.28 bits per heavy atom. The van der Waals surface area contributed by atoms with Gasteiger partial charge in [-0.2, -0.15) is 0 Å². The van der Waals surface area contributed by atoms with Crippen LogP contribution in [-0.4, -0.2) is 30.9 Å². The quantitative estimate of drug-likeness (QED) is 0.753. The van der Waals surface area contributed by atoms with Gasteiger partial charge in [0, 0.05) is 20.1 Å². The summed E-state index contributed by atoms with van der Waals surface area (Å²) in [7, 11) is 1.86. The van der Waals surface area contributed by atoms with Crippen LogP contribution in [0.15, 0.2) is 30.3 Å². The number of hydrogen-bond donors (Lipinski definition) is 1. The minimum absolute atomic E-state index is 0.125. The van der Waals surface area contributed by atoms with E-state index in [1.54, 1.807) is 4.90 Å². The Balaban J connectivity index is 2.62. The Hall–Kier alpha value is -1.35. The fraction of sp³-hybridized carbons (Fsp3) is 0.533. The normalized spacial score (nSPS) is 12.2.